The Morgan fingerprint density at radius 2 is 1.71 bits per heavy atom. The number of nitrogens with one attached hydrogen (secondary N) is 1. The zero-order valence-corrected chi connectivity index (χ0v) is 14.9. The van der Waals surface area contributed by atoms with E-state index >= 15 is 0 Å². The van der Waals surface area contributed by atoms with E-state index in [0.717, 1.165) is 36.9 Å². The number of benzene rings is 2. The smallest absolute Gasteiger partial charge is 0.120 e. The van der Waals surface area contributed by atoms with E-state index in [-0.39, 0.29) is 0 Å². The zero-order valence-electron chi connectivity index (χ0n) is 14.9. The second-order valence-corrected chi connectivity index (χ2v) is 6.10. The first-order valence-electron chi connectivity index (χ1n) is 8.96. The number of rotatable bonds is 7. The lowest BCUT2D eigenvalue weighted by molar-refractivity contribution is 0.321. The fourth-order valence-electron chi connectivity index (χ4n) is 3.34. The molecule has 1 aromatic heterocycles. The van der Waals surface area contributed by atoms with E-state index in [9.17, 15) is 0 Å². The third-order valence-electron chi connectivity index (χ3n) is 4.71. The van der Waals surface area contributed by atoms with Crippen LogP contribution in [0.1, 0.15) is 43.2 Å². The standard InChI is InChI=1S/C21H26N2O/c1-4-15-8-7-9-16(5-2)18(15)12-13-24-17-10-11-21-19(14-17)20(6-3)22-23-21/h7-11,14H,4-6,12-13H2,1-3H3,(H,22,23). The van der Waals surface area contributed by atoms with Gasteiger partial charge in [0.2, 0.25) is 0 Å². The predicted octanol–water partition coefficient (Wildman–Crippen LogP) is 4.87. The van der Waals surface area contributed by atoms with Crippen LogP contribution in [-0.4, -0.2) is 16.8 Å². The Balaban J connectivity index is 1.73. The van der Waals surface area contributed by atoms with Crippen LogP contribution < -0.4 is 4.74 Å². The van der Waals surface area contributed by atoms with Crippen molar-refractivity contribution in [1.82, 2.24) is 10.2 Å². The highest BCUT2D eigenvalue weighted by atomic mass is 16.5. The van der Waals surface area contributed by atoms with Crippen molar-refractivity contribution in [3.05, 3.63) is 58.8 Å². The Hall–Kier alpha value is -2.29. The Bertz CT molecular complexity index is 798. The summed E-state index contributed by atoms with van der Waals surface area (Å²) in [6.07, 6.45) is 4.05. The summed E-state index contributed by atoms with van der Waals surface area (Å²) in [6, 6.07) is 12.8. The van der Waals surface area contributed by atoms with Crippen molar-refractivity contribution in [1.29, 1.82) is 0 Å². The molecule has 3 nitrogen and oxygen atoms in total. The van der Waals surface area contributed by atoms with Crippen LogP contribution in [0.25, 0.3) is 10.9 Å². The molecule has 0 aliphatic rings. The number of aromatic amines is 1. The van der Waals surface area contributed by atoms with Crippen LogP contribution in [-0.2, 0) is 25.7 Å². The molecule has 3 aromatic rings. The summed E-state index contributed by atoms with van der Waals surface area (Å²) in [6.45, 7) is 7.28. The highest BCUT2D eigenvalue weighted by Gasteiger charge is 2.08. The van der Waals surface area contributed by atoms with E-state index < -0.39 is 0 Å². The van der Waals surface area contributed by atoms with E-state index in [2.05, 4.69) is 55.2 Å². The van der Waals surface area contributed by atoms with Gasteiger partial charge < -0.3 is 4.74 Å². The number of hydrogen-bond acceptors (Lipinski definition) is 2. The lowest BCUT2D eigenvalue weighted by Crippen LogP contribution is -2.06. The Labute approximate surface area is 144 Å². The number of aryl methyl sites for hydroxylation is 3. The van der Waals surface area contributed by atoms with E-state index in [1.165, 1.54) is 27.8 Å². The monoisotopic (exact) mass is 322 g/mol. The van der Waals surface area contributed by atoms with Crippen molar-refractivity contribution in [3.63, 3.8) is 0 Å². The van der Waals surface area contributed by atoms with Gasteiger partial charge in [-0.25, -0.2) is 0 Å². The Kier molecular flexibility index (Phi) is 5.19. The van der Waals surface area contributed by atoms with Gasteiger partial charge in [-0.15, -0.1) is 0 Å². The first-order valence-corrected chi connectivity index (χ1v) is 8.96. The van der Waals surface area contributed by atoms with Gasteiger partial charge in [0, 0.05) is 17.5 Å². The maximum absolute atomic E-state index is 6.04. The third kappa shape index (κ3) is 3.30. The van der Waals surface area contributed by atoms with Crippen LogP contribution in [0.15, 0.2) is 36.4 Å². The molecule has 0 spiro atoms. The normalized spacial score (nSPS) is 11.1. The van der Waals surface area contributed by atoms with Gasteiger partial charge in [-0.3, -0.25) is 5.10 Å². The van der Waals surface area contributed by atoms with E-state index in [1.807, 2.05) is 12.1 Å². The van der Waals surface area contributed by atoms with Gasteiger partial charge in [0.1, 0.15) is 5.75 Å². The van der Waals surface area contributed by atoms with Crippen molar-refractivity contribution in [3.8, 4) is 5.75 Å². The average molecular weight is 322 g/mol. The molecule has 1 N–H and O–H groups in total. The minimum Gasteiger partial charge on any atom is -0.493 e. The molecule has 126 valence electrons. The molecule has 0 saturated carbocycles. The number of fused-ring (bicyclic) bond motifs is 1. The largest absolute Gasteiger partial charge is 0.493 e. The molecule has 0 amide bonds. The summed E-state index contributed by atoms with van der Waals surface area (Å²) >= 11 is 0. The van der Waals surface area contributed by atoms with Crippen LogP contribution in [0.4, 0.5) is 0 Å². The van der Waals surface area contributed by atoms with Crippen molar-refractivity contribution in [2.45, 2.75) is 46.5 Å². The second kappa shape index (κ2) is 7.52. The molecule has 0 atom stereocenters. The Morgan fingerprint density at radius 1 is 0.958 bits per heavy atom. The summed E-state index contributed by atoms with van der Waals surface area (Å²) in [5.74, 6) is 0.922. The molecule has 24 heavy (non-hydrogen) atoms. The summed E-state index contributed by atoms with van der Waals surface area (Å²) in [4.78, 5) is 0. The molecule has 0 aliphatic carbocycles. The average Bonchev–Trinajstić information content (AvgIpc) is 3.04. The minimum absolute atomic E-state index is 0.703. The first-order chi connectivity index (χ1) is 11.8. The number of hydrogen-bond donors (Lipinski definition) is 1. The fourth-order valence-corrected chi connectivity index (χ4v) is 3.34. The van der Waals surface area contributed by atoms with Crippen LogP contribution in [0.3, 0.4) is 0 Å². The summed E-state index contributed by atoms with van der Waals surface area (Å²) in [7, 11) is 0. The highest BCUT2D eigenvalue weighted by molar-refractivity contribution is 5.82. The molecule has 0 radical (unpaired) electrons. The Morgan fingerprint density at radius 3 is 2.38 bits per heavy atom. The van der Waals surface area contributed by atoms with Gasteiger partial charge in [-0.05, 0) is 54.2 Å². The number of nitrogens with zero attached hydrogens (tertiary/aromatic N) is 1. The maximum atomic E-state index is 6.04. The number of H-pyrrole nitrogens is 1. The molecule has 0 fully saturated rings. The molecule has 0 aliphatic heterocycles. The predicted molar refractivity (Wildman–Crippen MR) is 99.9 cm³/mol. The van der Waals surface area contributed by atoms with E-state index in [1.54, 1.807) is 0 Å². The molecule has 0 bridgehead atoms. The summed E-state index contributed by atoms with van der Waals surface area (Å²) in [5.41, 5.74) is 6.51. The quantitative estimate of drug-likeness (QED) is 0.674. The lowest BCUT2D eigenvalue weighted by Gasteiger charge is -2.14. The van der Waals surface area contributed by atoms with Crippen molar-refractivity contribution in [2.75, 3.05) is 6.61 Å². The summed E-state index contributed by atoms with van der Waals surface area (Å²) in [5, 5.41) is 8.59. The summed E-state index contributed by atoms with van der Waals surface area (Å²) < 4.78 is 6.04. The molecule has 3 heteroatoms. The SMILES string of the molecule is CCc1cccc(CC)c1CCOc1ccc2n[nH]c(CC)c2c1. The van der Waals surface area contributed by atoms with Gasteiger partial charge in [0.05, 0.1) is 12.1 Å². The van der Waals surface area contributed by atoms with Crippen molar-refractivity contribution < 1.29 is 4.74 Å². The molecule has 2 aromatic carbocycles. The molecule has 0 unspecified atom stereocenters. The zero-order chi connectivity index (χ0) is 16.9. The van der Waals surface area contributed by atoms with Crippen LogP contribution in [0.2, 0.25) is 0 Å². The minimum atomic E-state index is 0.703. The molecule has 3 rings (SSSR count). The van der Waals surface area contributed by atoms with Crippen LogP contribution >= 0.6 is 0 Å². The first kappa shape index (κ1) is 16.6. The molecular weight excluding hydrogens is 296 g/mol. The number of aromatic nitrogens is 2. The lowest BCUT2D eigenvalue weighted by atomic mass is 9.95. The van der Waals surface area contributed by atoms with Gasteiger partial charge >= 0.3 is 0 Å². The number of ether oxygens (including phenoxy) is 1. The second-order valence-electron chi connectivity index (χ2n) is 6.10. The van der Waals surface area contributed by atoms with Crippen molar-refractivity contribution >= 4 is 10.9 Å². The maximum Gasteiger partial charge on any atom is 0.120 e. The van der Waals surface area contributed by atoms with Crippen molar-refractivity contribution in [2.24, 2.45) is 0 Å². The van der Waals surface area contributed by atoms with Crippen LogP contribution in [0.5, 0.6) is 5.75 Å². The third-order valence-corrected chi connectivity index (χ3v) is 4.71. The van der Waals surface area contributed by atoms with Crippen LogP contribution in [0, 0.1) is 0 Å². The topological polar surface area (TPSA) is 37.9 Å². The van der Waals surface area contributed by atoms with Gasteiger partial charge in [0.25, 0.3) is 0 Å². The molecular formula is C21H26N2O. The molecule has 1 heterocycles. The van der Waals surface area contributed by atoms with E-state index in [0.29, 0.717) is 6.61 Å². The van der Waals surface area contributed by atoms with Gasteiger partial charge in [0.15, 0.2) is 0 Å². The highest BCUT2D eigenvalue weighted by Crippen LogP contribution is 2.23. The fraction of sp³-hybridized carbons (Fsp3) is 0.381. The molecule has 0 saturated heterocycles. The van der Waals surface area contributed by atoms with Gasteiger partial charge in [-0.2, -0.15) is 5.10 Å². The van der Waals surface area contributed by atoms with Gasteiger partial charge in [-0.1, -0.05) is 39.0 Å². The van der Waals surface area contributed by atoms with E-state index in [4.69, 9.17) is 4.74 Å².